The summed E-state index contributed by atoms with van der Waals surface area (Å²) >= 11 is 0. The highest BCUT2D eigenvalue weighted by Crippen LogP contribution is 2.17. The zero-order valence-corrected chi connectivity index (χ0v) is 23.6. The molecule has 0 atom stereocenters. The van der Waals surface area contributed by atoms with E-state index in [1.165, 1.54) is 11.1 Å². The summed E-state index contributed by atoms with van der Waals surface area (Å²) < 4.78 is 1.78. The van der Waals surface area contributed by atoms with Gasteiger partial charge in [0.15, 0.2) is 11.6 Å². The van der Waals surface area contributed by atoms with Gasteiger partial charge >= 0.3 is 0 Å². The molecule has 0 amide bonds. The third-order valence-electron chi connectivity index (χ3n) is 7.25. The second kappa shape index (κ2) is 12.3. The minimum Gasteiger partial charge on any atom is -0.325 e. The Morgan fingerprint density at radius 2 is 0.769 bits per heavy atom. The van der Waals surface area contributed by atoms with Gasteiger partial charge in [0, 0.05) is 39.8 Å². The van der Waals surface area contributed by atoms with Crippen molar-refractivity contribution in [3.63, 3.8) is 0 Å². The van der Waals surface area contributed by atoms with Gasteiger partial charge in [0.2, 0.25) is 0 Å². The van der Waals surface area contributed by atoms with Crippen LogP contribution in [0.2, 0.25) is 0 Å². The van der Waals surface area contributed by atoms with E-state index in [2.05, 4.69) is 52.5 Å². The molecule has 0 aromatic heterocycles. The van der Waals surface area contributed by atoms with Gasteiger partial charge in [0.05, 0.1) is 41.3 Å². The zero-order valence-electron chi connectivity index (χ0n) is 23.6. The van der Waals surface area contributed by atoms with Gasteiger partial charge in [-0.15, -0.1) is 0 Å². The summed E-state index contributed by atoms with van der Waals surface area (Å²) in [6.45, 7) is 3.97. The summed E-state index contributed by atoms with van der Waals surface area (Å²) in [7, 11) is 9.08. The highest BCUT2D eigenvalue weighted by atomic mass is 16.1. The second-order valence-corrected chi connectivity index (χ2v) is 11.8. The van der Waals surface area contributed by atoms with E-state index < -0.39 is 0 Å². The molecule has 0 spiro atoms. The van der Waals surface area contributed by atoms with Gasteiger partial charge in [-0.25, -0.2) is 0 Å². The average Bonchev–Trinajstić information content (AvgIpc) is 2.93. The van der Waals surface area contributed by atoms with E-state index in [0.29, 0.717) is 0 Å². The topological polar surface area (TPSA) is 34.1 Å². The fourth-order valence-corrected chi connectivity index (χ4v) is 5.11. The summed E-state index contributed by atoms with van der Waals surface area (Å²) in [5.41, 5.74) is 5.38. The van der Waals surface area contributed by atoms with Gasteiger partial charge in [-0.05, 0) is 0 Å². The molecular formula is C35H40N2O2+2. The fourth-order valence-electron chi connectivity index (χ4n) is 5.11. The molecule has 0 saturated heterocycles. The van der Waals surface area contributed by atoms with Crippen LogP contribution in [-0.4, -0.2) is 61.8 Å². The predicted octanol–water partition coefficient (Wildman–Crippen LogP) is 6.39. The first-order valence-electron chi connectivity index (χ1n) is 13.6. The number of ketones is 2. The molecule has 0 saturated carbocycles. The van der Waals surface area contributed by atoms with Crippen LogP contribution in [0.5, 0.6) is 0 Å². The van der Waals surface area contributed by atoms with Crippen LogP contribution in [0.4, 0.5) is 0 Å². The molecule has 0 fully saturated rings. The number of benzene rings is 4. The van der Waals surface area contributed by atoms with Gasteiger partial charge in [0.25, 0.3) is 0 Å². The molecule has 4 heteroatoms. The van der Waals surface area contributed by atoms with Gasteiger partial charge in [-0.3, -0.25) is 9.59 Å². The largest absolute Gasteiger partial charge is 0.325 e. The van der Waals surface area contributed by atoms with Crippen LogP contribution in [0.1, 0.15) is 49.4 Å². The standard InChI is InChI=1S/C35H40N2O2/c1-36(2,26-28-16-20-32(21-17-28)34(38)30-12-7-5-8-13-30)24-11-25-37(3,4)27-29-18-22-33(23-19-29)35(39)31-14-9-6-10-15-31/h5-10,12-23H,11,24-27H2,1-4H3/q+2. The van der Waals surface area contributed by atoms with Crippen LogP contribution in [0.3, 0.4) is 0 Å². The zero-order chi connectivity index (χ0) is 27.9. The molecular weight excluding hydrogens is 480 g/mol. The quantitative estimate of drug-likeness (QED) is 0.160. The van der Waals surface area contributed by atoms with E-state index >= 15 is 0 Å². The maximum Gasteiger partial charge on any atom is 0.193 e. The Kier molecular flexibility index (Phi) is 8.90. The van der Waals surface area contributed by atoms with Crippen molar-refractivity contribution in [2.45, 2.75) is 19.5 Å². The van der Waals surface area contributed by atoms with Crippen molar-refractivity contribution in [2.75, 3.05) is 41.3 Å². The fraction of sp³-hybridized carbons (Fsp3) is 0.257. The second-order valence-electron chi connectivity index (χ2n) is 11.8. The first-order valence-corrected chi connectivity index (χ1v) is 13.6. The normalized spacial score (nSPS) is 11.8. The molecule has 4 nitrogen and oxygen atoms in total. The first-order chi connectivity index (χ1) is 18.6. The summed E-state index contributed by atoms with van der Waals surface area (Å²) in [6.07, 6.45) is 1.11. The molecule has 0 aliphatic rings. The van der Waals surface area contributed by atoms with E-state index in [1.807, 2.05) is 84.9 Å². The van der Waals surface area contributed by atoms with Crippen LogP contribution < -0.4 is 0 Å². The number of hydrogen-bond acceptors (Lipinski definition) is 2. The number of carbonyl (C=O) groups excluding carboxylic acids is 2. The smallest absolute Gasteiger partial charge is 0.193 e. The Labute approximate surface area is 233 Å². The molecule has 4 aromatic rings. The Hall–Kier alpha value is -3.86. The maximum absolute atomic E-state index is 12.7. The lowest BCUT2D eigenvalue weighted by Gasteiger charge is -2.34. The van der Waals surface area contributed by atoms with E-state index in [-0.39, 0.29) is 11.6 Å². The number of hydrogen-bond donors (Lipinski definition) is 0. The molecule has 0 radical (unpaired) electrons. The SMILES string of the molecule is C[N+](C)(CCC[N+](C)(C)Cc1ccc(C(=O)c2ccccc2)cc1)Cc1ccc(C(=O)c2ccccc2)cc1. The summed E-state index contributed by atoms with van der Waals surface area (Å²) in [4.78, 5) is 25.4. The Balaban J connectivity index is 1.26. The first kappa shape index (κ1) is 28.2. The van der Waals surface area contributed by atoms with Crippen molar-refractivity contribution in [1.82, 2.24) is 0 Å². The maximum atomic E-state index is 12.7. The molecule has 0 aliphatic carbocycles. The van der Waals surface area contributed by atoms with Crippen LogP contribution in [0, 0.1) is 0 Å². The van der Waals surface area contributed by atoms with Crippen LogP contribution in [0.15, 0.2) is 109 Å². The number of quaternary nitrogens is 2. The third-order valence-corrected chi connectivity index (χ3v) is 7.25. The monoisotopic (exact) mass is 520 g/mol. The Morgan fingerprint density at radius 1 is 0.462 bits per heavy atom. The van der Waals surface area contributed by atoms with Crippen molar-refractivity contribution in [3.05, 3.63) is 143 Å². The molecule has 4 rings (SSSR count). The average molecular weight is 521 g/mol. The highest BCUT2D eigenvalue weighted by Gasteiger charge is 2.21. The Bertz CT molecular complexity index is 1270. The van der Waals surface area contributed by atoms with Gasteiger partial charge in [-0.1, -0.05) is 109 Å². The molecule has 4 aromatic carbocycles. The molecule has 0 unspecified atom stereocenters. The van der Waals surface area contributed by atoms with Gasteiger partial charge in [-0.2, -0.15) is 0 Å². The lowest BCUT2D eigenvalue weighted by molar-refractivity contribution is -0.922. The highest BCUT2D eigenvalue weighted by molar-refractivity contribution is 6.09. The molecule has 0 aliphatic heterocycles. The molecule has 0 heterocycles. The van der Waals surface area contributed by atoms with Crippen LogP contribution in [0.25, 0.3) is 0 Å². The summed E-state index contributed by atoms with van der Waals surface area (Å²) in [5, 5.41) is 0. The number of nitrogens with zero attached hydrogens (tertiary/aromatic N) is 2. The van der Waals surface area contributed by atoms with E-state index in [9.17, 15) is 9.59 Å². The number of carbonyl (C=O) groups is 2. The Morgan fingerprint density at radius 3 is 1.10 bits per heavy atom. The van der Waals surface area contributed by atoms with Crippen molar-refractivity contribution in [3.8, 4) is 0 Å². The molecule has 0 bridgehead atoms. The van der Waals surface area contributed by atoms with Crippen LogP contribution >= 0.6 is 0 Å². The van der Waals surface area contributed by atoms with E-state index in [0.717, 1.165) is 63.8 Å². The van der Waals surface area contributed by atoms with Gasteiger partial charge in [0.1, 0.15) is 13.1 Å². The van der Waals surface area contributed by atoms with Crippen molar-refractivity contribution < 1.29 is 18.6 Å². The predicted molar refractivity (Wildman–Crippen MR) is 159 cm³/mol. The number of rotatable bonds is 12. The van der Waals surface area contributed by atoms with Crippen molar-refractivity contribution in [2.24, 2.45) is 0 Å². The lowest BCUT2D eigenvalue weighted by Crippen LogP contribution is -2.44. The summed E-state index contributed by atoms with van der Waals surface area (Å²) in [5.74, 6) is 0.127. The molecule has 0 N–H and O–H groups in total. The van der Waals surface area contributed by atoms with Crippen LogP contribution in [-0.2, 0) is 13.1 Å². The molecule has 200 valence electrons. The lowest BCUT2D eigenvalue weighted by atomic mass is 10.0. The minimum absolute atomic E-state index is 0.0633. The molecule has 39 heavy (non-hydrogen) atoms. The summed E-state index contributed by atoms with van der Waals surface area (Å²) in [6, 6.07) is 35.0. The minimum atomic E-state index is 0.0633. The van der Waals surface area contributed by atoms with E-state index in [1.54, 1.807) is 0 Å². The van der Waals surface area contributed by atoms with E-state index in [4.69, 9.17) is 0 Å². The van der Waals surface area contributed by atoms with Gasteiger partial charge < -0.3 is 8.97 Å². The third kappa shape index (κ3) is 8.06. The van der Waals surface area contributed by atoms with Crippen molar-refractivity contribution >= 4 is 11.6 Å². The van der Waals surface area contributed by atoms with Crippen molar-refractivity contribution in [1.29, 1.82) is 0 Å².